The van der Waals surface area contributed by atoms with E-state index in [-0.39, 0.29) is 0 Å². The summed E-state index contributed by atoms with van der Waals surface area (Å²) in [5.41, 5.74) is 1.27. The van der Waals surface area contributed by atoms with Crippen LogP contribution >= 0.6 is 11.6 Å². The molecule has 2 heterocycles. The molecule has 0 aliphatic carbocycles. The Hall–Kier alpha value is -0.570. The molecule has 2 saturated heterocycles. The number of halogens is 1. The van der Waals surface area contributed by atoms with Crippen LogP contribution in [-0.2, 0) is 6.54 Å². The first-order valence-electron chi connectivity index (χ1n) is 6.97. The Bertz CT molecular complexity index is 421. The normalized spacial score (nSPS) is 31.8. The maximum atomic E-state index is 6.28. The van der Waals surface area contributed by atoms with Crippen LogP contribution in [-0.4, -0.2) is 30.6 Å². The fraction of sp³-hybridized carbons (Fsp3) is 0.600. The number of rotatable bonds is 3. The highest BCUT2D eigenvalue weighted by atomic mass is 35.5. The van der Waals surface area contributed by atoms with E-state index in [1.165, 1.54) is 31.6 Å². The monoisotopic (exact) mass is 264 g/mol. The lowest BCUT2D eigenvalue weighted by molar-refractivity contribution is 0.210. The molecule has 3 atom stereocenters. The molecule has 0 aromatic heterocycles. The van der Waals surface area contributed by atoms with Crippen molar-refractivity contribution in [3.63, 3.8) is 0 Å². The standard InChI is InChI=1S/C15H21ClN2/c1-2-15-13-8-17-7-12(13)10-18(15)9-11-5-3-4-6-14(11)16/h3-6,12-13,15,17H,2,7-10H2,1H3. The van der Waals surface area contributed by atoms with Gasteiger partial charge in [-0.2, -0.15) is 0 Å². The van der Waals surface area contributed by atoms with Gasteiger partial charge in [-0.25, -0.2) is 0 Å². The van der Waals surface area contributed by atoms with E-state index in [4.69, 9.17) is 11.6 Å². The SMILES string of the molecule is CCC1C2CNCC2CN1Cc1ccccc1Cl. The summed E-state index contributed by atoms with van der Waals surface area (Å²) in [6.45, 7) is 6.93. The average molecular weight is 265 g/mol. The molecule has 0 spiro atoms. The summed E-state index contributed by atoms with van der Waals surface area (Å²) in [5.74, 6) is 1.69. The number of fused-ring (bicyclic) bond motifs is 1. The van der Waals surface area contributed by atoms with Crippen LogP contribution in [0.1, 0.15) is 18.9 Å². The topological polar surface area (TPSA) is 15.3 Å². The lowest BCUT2D eigenvalue weighted by Crippen LogP contribution is -2.34. The van der Waals surface area contributed by atoms with E-state index in [2.05, 4.69) is 29.3 Å². The molecule has 2 aliphatic heterocycles. The van der Waals surface area contributed by atoms with Gasteiger partial charge in [-0.1, -0.05) is 36.7 Å². The number of likely N-dealkylation sites (tertiary alicyclic amines) is 1. The number of benzene rings is 1. The molecule has 98 valence electrons. The van der Waals surface area contributed by atoms with E-state index in [0.717, 1.165) is 29.4 Å². The Labute approximate surface area is 114 Å². The Morgan fingerprint density at radius 2 is 2.17 bits per heavy atom. The molecule has 0 bridgehead atoms. The van der Waals surface area contributed by atoms with Gasteiger partial charge >= 0.3 is 0 Å². The Morgan fingerprint density at radius 1 is 1.33 bits per heavy atom. The Kier molecular flexibility index (Phi) is 3.60. The third-order valence-electron chi connectivity index (χ3n) is 4.57. The van der Waals surface area contributed by atoms with Crippen LogP contribution in [0.25, 0.3) is 0 Å². The van der Waals surface area contributed by atoms with E-state index >= 15 is 0 Å². The van der Waals surface area contributed by atoms with Crippen molar-refractivity contribution in [1.29, 1.82) is 0 Å². The highest BCUT2D eigenvalue weighted by molar-refractivity contribution is 6.31. The van der Waals surface area contributed by atoms with Gasteiger partial charge < -0.3 is 5.32 Å². The van der Waals surface area contributed by atoms with E-state index in [1.807, 2.05) is 12.1 Å². The van der Waals surface area contributed by atoms with Crippen LogP contribution < -0.4 is 5.32 Å². The van der Waals surface area contributed by atoms with Crippen LogP contribution in [0.2, 0.25) is 5.02 Å². The zero-order chi connectivity index (χ0) is 12.5. The van der Waals surface area contributed by atoms with Gasteiger partial charge in [0.2, 0.25) is 0 Å². The van der Waals surface area contributed by atoms with Crippen molar-refractivity contribution in [1.82, 2.24) is 10.2 Å². The molecular formula is C15H21ClN2. The predicted molar refractivity (Wildman–Crippen MR) is 75.8 cm³/mol. The van der Waals surface area contributed by atoms with Crippen molar-refractivity contribution in [3.05, 3.63) is 34.9 Å². The molecular weight excluding hydrogens is 244 g/mol. The van der Waals surface area contributed by atoms with Crippen LogP contribution in [0.15, 0.2) is 24.3 Å². The van der Waals surface area contributed by atoms with Crippen molar-refractivity contribution in [3.8, 4) is 0 Å². The first kappa shape index (κ1) is 12.5. The molecule has 3 heteroatoms. The third kappa shape index (κ3) is 2.18. The quantitative estimate of drug-likeness (QED) is 0.903. The summed E-state index contributed by atoms with van der Waals surface area (Å²) >= 11 is 6.28. The molecule has 2 nitrogen and oxygen atoms in total. The second-order valence-corrected chi connectivity index (χ2v) is 5.99. The van der Waals surface area contributed by atoms with E-state index in [0.29, 0.717) is 0 Å². The van der Waals surface area contributed by atoms with Crippen molar-refractivity contribution < 1.29 is 0 Å². The fourth-order valence-corrected chi connectivity index (χ4v) is 3.89. The van der Waals surface area contributed by atoms with Gasteiger partial charge in [0.05, 0.1) is 0 Å². The van der Waals surface area contributed by atoms with Gasteiger partial charge in [0.25, 0.3) is 0 Å². The number of nitrogens with zero attached hydrogens (tertiary/aromatic N) is 1. The molecule has 0 radical (unpaired) electrons. The van der Waals surface area contributed by atoms with Crippen LogP contribution in [0.4, 0.5) is 0 Å². The number of nitrogens with one attached hydrogen (secondary N) is 1. The Balaban J connectivity index is 1.75. The molecule has 1 aromatic rings. The Morgan fingerprint density at radius 3 is 2.94 bits per heavy atom. The number of hydrogen-bond acceptors (Lipinski definition) is 2. The second-order valence-electron chi connectivity index (χ2n) is 5.58. The van der Waals surface area contributed by atoms with Crippen LogP contribution in [0.3, 0.4) is 0 Å². The van der Waals surface area contributed by atoms with E-state index in [9.17, 15) is 0 Å². The average Bonchev–Trinajstić information content (AvgIpc) is 2.92. The fourth-order valence-electron chi connectivity index (χ4n) is 3.70. The van der Waals surface area contributed by atoms with E-state index < -0.39 is 0 Å². The smallest absolute Gasteiger partial charge is 0.0451 e. The van der Waals surface area contributed by atoms with Gasteiger partial charge in [-0.05, 0) is 43.0 Å². The summed E-state index contributed by atoms with van der Waals surface area (Å²) in [4.78, 5) is 2.64. The maximum Gasteiger partial charge on any atom is 0.0451 e. The molecule has 1 N–H and O–H groups in total. The molecule has 0 saturated carbocycles. The van der Waals surface area contributed by atoms with Gasteiger partial charge in [-0.3, -0.25) is 4.90 Å². The first-order valence-corrected chi connectivity index (χ1v) is 7.35. The summed E-state index contributed by atoms with van der Waals surface area (Å²) in [6.07, 6.45) is 1.24. The molecule has 2 fully saturated rings. The summed E-state index contributed by atoms with van der Waals surface area (Å²) in [5, 5.41) is 4.44. The van der Waals surface area contributed by atoms with Gasteiger partial charge in [0.1, 0.15) is 0 Å². The third-order valence-corrected chi connectivity index (χ3v) is 4.94. The number of hydrogen-bond donors (Lipinski definition) is 1. The molecule has 3 rings (SSSR count). The molecule has 2 aliphatic rings. The van der Waals surface area contributed by atoms with Gasteiger partial charge in [0.15, 0.2) is 0 Å². The zero-order valence-corrected chi connectivity index (χ0v) is 11.7. The van der Waals surface area contributed by atoms with Crippen molar-refractivity contribution in [2.45, 2.75) is 25.9 Å². The lowest BCUT2D eigenvalue weighted by atomic mass is 9.93. The summed E-state index contributed by atoms with van der Waals surface area (Å²) < 4.78 is 0. The van der Waals surface area contributed by atoms with Crippen molar-refractivity contribution in [2.75, 3.05) is 19.6 Å². The largest absolute Gasteiger partial charge is 0.316 e. The van der Waals surface area contributed by atoms with Crippen molar-refractivity contribution in [2.24, 2.45) is 11.8 Å². The van der Waals surface area contributed by atoms with Crippen molar-refractivity contribution >= 4 is 11.6 Å². The molecule has 18 heavy (non-hydrogen) atoms. The van der Waals surface area contributed by atoms with E-state index in [1.54, 1.807) is 0 Å². The predicted octanol–water partition coefficient (Wildman–Crippen LogP) is 2.77. The minimum absolute atomic E-state index is 0.723. The summed E-state index contributed by atoms with van der Waals surface area (Å²) in [7, 11) is 0. The zero-order valence-electron chi connectivity index (χ0n) is 10.9. The maximum absolute atomic E-state index is 6.28. The highest BCUT2D eigenvalue weighted by Gasteiger charge is 2.42. The highest BCUT2D eigenvalue weighted by Crippen LogP contribution is 2.35. The van der Waals surface area contributed by atoms with Gasteiger partial charge in [-0.15, -0.1) is 0 Å². The molecule has 0 amide bonds. The van der Waals surface area contributed by atoms with Crippen LogP contribution in [0, 0.1) is 11.8 Å². The lowest BCUT2D eigenvalue weighted by Gasteiger charge is -2.27. The molecule has 1 aromatic carbocycles. The minimum atomic E-state index is 0.723. The van der Waals surface area contributed by atoms with Gasteiger partial charge in [0, 0.05) is 24.2 Å². The van der Waals surface area contributed by atoms with Crippen LogP contribution in [0.5, 0.6) is 0 Å². The minimum Gasteiger partial charge on any atom is -0.316 e. The second kappa shape index (κ2) is 5.20. The first-order chi connectivity index (χ1) is 8.79. The molecule has 3 unspecified atom stereocenters. The summed E-state index contributed by atoms with van der Waals surface area (Å²) in [6, 6.07) is 8.96.